The summed E-state index contributed by atoms with van der Waals surface area (Å²) in [7, 11) is 1.49. The average Bonchev–Trinajstić information content (AvgIpc) is 3.03. The second-order valence-electron chi connectivity index (χ2n) is 10.8. The van der Waals surface area contributed by atoms with Crippen LogP contribution < -0.4 is 0 Å². The minimum Gasteiger partial charge on any atom is -0.469 e. The molecule has 0 aromatic rings. The Bertz CT molecular complexity index is 679. The van der Waals surface area contributed by atoms with Gasteiger partial charge in [0.25, 0.3) is 0 Å². The van der Waals surface area contributed by atoms with Crippen LogP contribution in [0.25, 0.3) is 0 Å². The van der Waals surface area contributed by atoms with Crippen LogP contribution in [-0.2, 0) is 14.3 Å². The SMILES string of the molecule is COC(=O)CC[C@@H](C)[C@H]1CC[C@H]2C3CC=C4CC(=O)CC[C@]4(C)[C@H]3CC[C@]12C. The van der Waals surface area contributed by atoms with Gasteiger partial charge in [-0.15, -0.1) is 0 Å². The number of allylic oxidation sites excluding steroid dienone is 2. The molecule has 0 radical (unpaired) electrons. The molecule has 0 aromatic carbocycles. The maximum atomic E-state index is 12.0. The van der Waals surface area contributed by atoms with Crippen LogP contribution in [0.2, 0.25) is 0 Å². The number of hydrogen-bond donors (Lipinski definition) is 0. The van der Waals surface area contributed by atoms with Gasteiger partial charge in [0.2, 0.25) is 0 Å². The summed E-state index contributed by atoms with van der Waals surface area (Å²) in [5.74, 6) is 4.06. The molecule has 0 saturated heterocycles. The Hall–Kier alpha value is -1.12. The monoisotopic (exact) mass is 386 g/mol. The second-order valence-corrected chi connectivity index (χ2v) is 10.8. The van der Waals surface area contributed by atoms with E-state index in [4.69, 9.17) is 4.74 Å². The van der Waals surface area contributed by atoms with E-state index in [1.807, 2.05) is 0 Å². The van der Waals surface area contributed by atoms with Gasteiger partial charge in [-0.3, -0.25) is 9.59 Å². The third kappa shape index (κ3) is 3.08. The van der Waals surface area contributed by atoms with Crippen molar-refractivity contribution < 1.29 is 14.3 Å². The Morgan fingerprint density at radius 2 is 2.00 bits per heavy atom. The molecule has 3 saturated carbocycles. The van der Waals surface area contributed by atoms with Crippen molar-refractivity contribution in [3.05, 3.63) is 11.6 Å². The molecule has 3 nitrogen and oxygen atoms in total. The summed E-state index contributed by atoms with van der Waals surface area (Å²) in [4.78, 5) is 23.7. The Balaban J connectivity index is 1.52. The number of rotatable bonds is 4. The quantitative estimate of drug-likeness (QED) is 0.458. The molecule has 0 heterocycles. The van der Waals surface area contributed by atoms with Gasteiger partial charge < -0.3 is 4.74 Å². The van der Waals surface area contributed by atoms with Crippen LogP contribution in [0.4, 0.5) is 0 Å². The van der Waals surface area contributed by atoms with E-state index in [1.165, 1.54) is 44.8 Å². The zero-order valence-electron chi connectivity index (χ0n) is 18.3. The number of ether oxygens (including phenoxy) is 1. The molecule has 0 amide bonds. The average molecular weight is 387 g/mol. The number of fused-ring (bicyclic) bond motifs is 5. The minimum absolute atomic E-state index is 0.0695. The summed E-state index contributed by atoms with van der Waals surface area (Å²) in [6, 6.07) is 0. The lowest BCUT2D eigenvalue weighted by Crippen LogP contribution is -2.50. The molecule has 0 spiro atoms. The summed E-state index contributed by atoms with van der Waals surface area (Å²) in [6.45, 7) is 7.39. The summed E-state index contributed by atoms with van der Waals surface area (Å²) in [5, 5.41) is 0. The van der Waals surface area contributed by atoms with E-state index in [0.29, 0.717) is 23.5 Å². The minimum atomic E-state index is -0.0695. The van der Waals surface area contributed by atoms with Gasteiger partial charge in [0.15, 0.2) is 0 Å². The Labute approximate surface area is 170 Å². The van der Waals surface area contributed by atoms with E-state index in [1.54, 1.807) is 0 Å². The van der Waals surface area contributed by atoms with E-state index in [-0.39, 0.29) is 11.4 Å². The van der Waals surface area contributed by atoms with E-state index in [0.717, 1.165) is 49.4 Å². The van der Waals surface area contributed by atoms with Crippen LogP contribution >= 0.6 is 0 Å². The molecule has 0 N–H and O–H groups in total. The fourth-order valence-corrected chi connectivity index (χ4v) is 8.10. The van der Waals surface area contributed by atoms with Gasteiger partial charge in [0, 0.05) is 19.3 Å². The standard InChI is InChI=1S/C25H38O3/c1-16(5-10-23(27)28-4)20-8-9-21-19-7-6-17-15-18(26)11-13-24(17,2)22(19)12-14-25(20,21)3/h6,16,19-22H,5,7-15H2,1-4H3/t16-,19?,20-,21+,22+,24+,25-/m1/s1. The highest BCUT2D eigenvalue weighted by Crippen LogP contribution is 2.67. The molecule has 0 bridgehead atoms. The first-order valence-electron chi connectivity index (χ1n) is 11.6. The lowest BCUT2D eigenvalue weighted by Gasteiger charge is -2.58. The smallest absolute Gasteiger partial charge is 0.305 e. The molecular formula is C25H38O3. The molecule has 3 heteroatoms. The van der Waals surface area contributed by atoms with E-state index >= 15 is 0 Å². The first kappa shape index (κ1) is 20.2. The normalized spacial score (nSPS) is 43.4. The number of ketones is 1. The highest BCUT2D eigenvalue weighted by atomic mass is 16.5. The molecule has 3 fully saturated rings. The Kier molecular flexibility index (Phi) is 5.25. The zero-order valence-corrected chi connectivity index (χ0v) is 18.3. The van der Waals surface area contributed by atoms with Crippen molar-refractivity contribution in [2.75, 3.05) is 7.11 Å². The molecule has 0 aliphatic heterocycles. The molecule has 0 aromatic heterocycles. The first-order valence-corrected chi connectivity index (χ1v) is 11.6. The first-order chi connectivity index (χ1) is 13.3. The van der Waals surface area contributed by atoms with Crippen molar-refractivity contribution in [3.8, 4) is 0 Å². The molecule has 7 atom stereocenters. The van der Waals surface area contributed by atoms with Crippen LogP contribution in [-0.4, -0.2) is 18.9 Å². The van der Waals surface area contributed by atoms with Gasteiger partial charge in [-0.05, 0) is 85.4 Å². The Morgan fingerprint density at radius 1 is 1.21 bits per heavy atom. The maximum absolute atomic E-state index is 12.0. The molecule has 4 aliphatic carbocycles. The van der Waals surface area contributed by atoms with Crippen LogP contribution in [0.5, 0.6) is 0 Å². The number of carbonyl (C=O) groups is 2. The molecule has 28 heavy (non-hydrogen) atoms. The van der Waals surface area contributed by atoms with E-state index in [9.17, 15) is 9.59 Å². The Morgan fingerprint density at radius 3 is 2.75 bits per heavy atom. The predicted molar refractivity (Wildman–Crippen MR) is 111 cm³/mol. The van der Waals surface area contributed by atoms with E-state index in [2.05, 4.69) is 26.8 Å². The van der Waals surface area contributed by atoms with Crippen molar-refractivity contribution in [1.82, 2.24) is 0 Å². The molecule has 156 valence electrons. The van der Waals surface area contributed by atoms with Crippen molar-refractivity contribution in [2.45, 2.75) is 85.0 Å². The fraction of sp³-hybridized carbons (Fsp3) is 0.840. The highest BCUT2D eigenvalue weighted by Gasteiger charge is 2.59. The van der Waals surface area contributed by atoms with Gasteiger partial charge in [-0.1, -0.05) is 32.4 Å². The van der Waals surface area contributed by atoms with Crippen LogP contribution in [0.3, 0.4) is 0 Å². The molecule has 4 rings (SSSR count). The summed E-state index contributed by atoms with van der Waals surface area (Å²) >= 11 is 0. The summed E-state index contributed by atoms with van der Waals surface area (Å²) < 4.78 is 4.87. The molecule has 4 aliphatic rings. The third-order valence-electron chi connectivity index (χ3n) is 9.73. The number of Topliss-reactive ketones (excluding diaryl/α,β-unsaturated/α-hetero) is 1. The number of esters is 1. The lowest BCUT2D eigenvalue weighted by molar-refractivity contribution is -0.141. The highest BCUT2D eigenvalue weighted by molar-refractivity contribution is 5.82. The topological polar surface area (TPSA) is 43.4 Å². The maximum Gasteiger partial charge on any atom is 0.305 e. The molecule has 1 unspecified atom stereocenters. The van der Waals surface area contributed by atoms with E-state index < -0.39 is 0 Å². The third-order valence-corrected chi connectivity index (χ3v) is 9.73. The lowest BCUT2D eigenvalue weighted by atomic mass is 9.47. The summed E-state index contributed by atoms with van der Waals surface area (Å²) in [6.07, 6.45) is 13.0. The van der Waals surface area contributed by atoms with Crippen molar-refractivity contribution >= 4 is 11.8 Å². The zero-order chi connectivity index (χ0) is 20.1. The number of carbonyl (C=O) groups excluding carboxylic acids is 2. The second kappa shape index (κ2) is 7.29. The van der Waals surface area contributed by atoms with Crippen molar-refractivity contribution in [3.63, 3.8) is 0 Å². The van der Waals surface area contributed by atoms with Gasteiger partial charge in [-0.25, -0.2) is 0 Å². The van der Waals surface area contributed by atoms with Gasteiger partial charge in [0.1, 0.15) is 5.78 Å². The summed E-state index contributed by atoms with van der Waals surface area (Å²) in [5.41, 5.74) is 2.16. The molecular weight excluding hydrogens is 348 g/mol. The number of methoxy groups -OCH3 is 1. The van der Waals surface area contributed by atoms with Crippen LogP contribution in [0.1, 0.15) is 85.0 Å². The van der Waals surface area contributed by atoms with Gasteiger partial charge >= 0.3 is 5.97 Å². The van der Waals surface area contributed by atoms with Gasteiger partial charge in [0.05, 0.1) is 7.11 Å². The van der Waals surface area contributed by atoms with Crippen LogP contribution in [0, 0.1) is 40.4 Å². The van der Waals surface area contributed by atoms with Gasteiger partial charge in [-0.2, -0.15) is 0 Å². The largest absolute Gasteiger partial charge is 0.469 e. The predicted octanol–water partition coefficient (Wildman–Crippen LogP) is 5.72. The fourth-order valence-electron chi connectivity index (χ4n) is 8.10. The van der Waals surface area contributed by atoms with Crippen molar-refractivity contribution in [2.24, 2.45) is 40.4 Å². The van der Waals surface area contributed by atoms with Crippen molar-refractivity contribution in [1.29, 1.82) is 0 Å². The van der Waals surface area contributed by atoms with Crippen LogP contribution in [0.15, 0.2) is 11.6 Å². The number of hydrogen-bond acceptors (Lipinski definition) is 3.